The van der Waals surface area contributed by atoms with E-state index >= 15 is 0 Å². The number of aromatic nitrogens is 1. The van der Waals surface area contributed by atoms with E-state index in [9.17, 15) is 0 Å². The summed E-state index contributed by atoms with van der Waals surface area (Å²) in [6, 6.07) is 10.9. The summed E-state index contributed by atoms with van der Waals surface area (Å²) in [6.45, 7) is 0. The lowest BCUT2D eigenvalue weighted by Crippen LogP contribution is -1.92. The van der Waals surface area contributed by atoms with E-state index in [2.05, 4.69) is 26.2 Å². The largest absolute Gasteiger partial charge is 0.353 e. The van der Waals surface area contributed by atoms with Gasteiger partial charge in [0.1, 0.15) is 11.8 Å². The van der Waals surface area contributed by atoms with Crippen molar-refractivity contribution in [3.8, 4) is 6.07 Å². The van der Waals surface area contributed by atoms with E-state index < -0.39 is 0 Å². The van der Waals surface area contributed by atoms with Crippen molar-refractivity contribution in [2.75, 3.05) is 5.32 Å². The molecule has 0 atom stereocenters. The molecule has 0 unspecified atom stereocenters. The average molecular weight is 309 g/mol. The van der Waals surface area contributed by atoms with Crippen LogP contribution in [0.5, 0.6) is 0 Å². The minimum atomic E-state index is 0.394. The van der Waals surface area contributed by atoms with Crippen LogP contribution < -0.4 is 5.32 Å². The Labute approximate surface area is 112 Å². The lowest BCUT2D eigenvalue weighted by atomic mass is 10.3. The third-order valence-corrected chi connectivity index (χ3v) is 2.98. The number of nitrogens with one attached hydrogen (secondary N) is 1. The van der Waals surface area contributed by atoms with E-state index in [-0.39, 0.29) is 0 Å². The number of benzene rings is 1. The molecular formula is C12H7BrClN3. The van der Waals surface area contributed by atoms with Gasteiger partial charge < -0.3 is 5.32 Å². The Morgan fingerprint density at radius 3 is 2.71 bits per heavy atom. The van der Waals surface area contributed by atoms with E-state index in [1.165, 1.54) is 0 Å². The fourth-order valence-electron chi connectivity index (χ4n) is 1.28. The first kappa shape index (κ1) is 11.9. The molecule has 84 valence electrons. The number of nitrogens with zero attached hydrogens (tertiary/aromatic N) is 2. The normalized spacial score (nSPS) is 9.71. The van der Waals surface area contributed by atoms with Gasteiger partial charge in [0.2, 0.25) is 0 Å². The van der Waals surface area contributed by atoms with Gasteiger partial charge in [-0.25, -0.2) is 4.98 Å². The maximum absolute atomic E-state index is 8.64. The molecule has 1 aromatic heterocycles. The molecule has 1 heterocycles. The first-order valence-electron chi connectivity index (χ1n) is 4.77. The van der Waals surface area contributed by atoms with E-state index in [4.69, 9.17) is 16.9 Å². The van der Waals surface area contributed by atoms with E-state index in [0.717, 1.165) is 15.8 Å². The zero-order chi connectivity index (χ0) is 12.3. The summed E-state index contributed by atoms with van der Waals surface area (Å²) in [4.78, 5) is 3.98. The van der Waals surface area contributed by atoms with Crippen LogP contribution in [0.3, 0.4) is 0 Å². The fraction of sp³-hybridized carbons (Fsp3) is 0. The molecule has 1 aromatic carbocycles. The molecule has 0 saturated heterocycles. The third kappa shape index (κ3) is 2.96. The topological polar surface area (TPSA) is 48.7 Å². The standard InChI is InChI=1S/C12H7BrClN3/c13-11-5-8(14)1-4-12(11)17-10-3-2-9(6-15)16-7-10/h1-5,7,17H. The Morgan fingerprint density at radius 2 is 2.12 bits per heavy atom. The van der Waals surface area contributed by atoms with Gasteiger partial charge in [0.25, 0.3) is 0 Å². The van der Waals surface area contributed by atoms with Crippen LogP contribution in [0.1, 0.15) is 5.69 Å². The molecule has 1 N–H and O–H groups in total. The van der Waals surface area contributed by atoms with Crippen LogP contribution in [0.4, 0.5) is 11.4 Å². The van der Waals surface area contributed by atoms with Crippen LogP contribution in [0.2, 0.25) is 5.02 Å². The highest BCUT2D eigenvalue weighted by Crippen LogP contribution is 2.28. The van der Waals surface area contributed by atoms with Crippen LogP contribution in [-0.2, 0) is 0 Å². The summed E-state index contributed by atoms with van der Waals surface area (Å²) in [6.07, 6.45) is 1.61. The number of pyridine rings is 1. The highest BCUT2D eigenvalue weighted by Gasteiger charge is 2.01. The first-order chi connectivity index (χ1) is 8.19. The molecule has 0 spiro atoms. The van der Waals surface area contributed by atoms with E-state index in [1.807, 2.05) is 12.1 Å². The van der Waals surface area contributed by atoms with Crippen molar-refractivity contribution >= 4 is 38.9 Å². The smallest absolute Gasteiger partial charge is 0.140 e. The zero-order valence-electron chi connectivity index (χ0n) is 8.61. The monoisotopic (exact) mass is 307 g/mol. The Balaban J connectivity index is 2.23. The molecule has 0 amide bonds. The van der Waals surface area contributed by atoms with Gasteiger partial charge in [-0.15, -0.1) is 0 Å². The minimum Gasteiger partial charge on any atom is -0.353 e. The number of hydrogen-bond acceptors (Lipinski definition) is 3. The van der Waals surface area contributed by atoms with Crippen LogP contribution in [0.25, 0.3) is 0 Å². The number of rotatable bonds is 2. The maximum atomic E-state index is 8.64. The second-order valence-corrected chi connectivity index (χ2v) is 4.58. The van der Waals surface area contributed by atoms with Crippen molar-refractivity contribution in [2.24, 2.45) is 0 Å². The summed E-state index contributed by atoms with van der Waals surface area (Å²) < 4.78 is 0.870. The summed E-state index contributed by atoms with van der Waals surface area (Å²) in [7, 11) is 0. The number of halogens is 2. The molecule has 17 heavy (non-hydrogen) atoms. The molecule has 0 saturated carbocycles. The molecule has 0 aliphatic heterocycles. The molecular weight excluding hydrogens is 302 g/mol. The van der Waals surface area contributed by atoms with Crippen molar-refractivity contribution in [1.82, 2.24) is 4.98 Å². The van der Waals surface area contributed by atoms with E-state index in [0.29, 0.717) is 10.7 Å². The molecule has 3 nitrogen and oxygen atoms in total. The summed E-state index contributed by atoms with van der Waals surface area (Å²) >= 11 is 9.27. The Bertz CT molecular complexity index is 575. The second-order valence-electron chi connectivity index (χ2n) is 3.29. The van der Waals surface area contributed by atoms with Crippen LogP contribution in [0.15, 0.2) is 41.0 Å². The highest BCUT2D eigenvalue weighted by atomic mass is 79.9. The molecule has 0 radical (unpaired) electrons. The van der Waals surface area contributed by atoms with Gasteiger partial charge in [-0.3, -0.25) is 0 Å². The lowest BCUT2D eigenvalue weighted by Gasteiger charge is -2.08. The zero-order valence-corrected chi connectivity index (χ0v) is 11.0. The summed E-state index contributed by atoms with van der Waals surface area (Å²) in [5, 5.41) is 12.5. The average Bonchev–Trinajstić information content (AvgIpc) is 2.34. The SMILES string of the molecule is N#Cc1ccc(Nc2ccc(Cl)cc2Br)cn1. The van der Waals surface area contributed by atoms with Crippen LogP contribution >= 0.6 is 27.5 Å². The van der Waals surface area contributed by atoms with Gasteiger partial charge in [-0.1, -0.05) is 11.6 Å². The van der Waals surface area contributed by atoms with Gasteiger partial charge in [0.05, 0.1) is 17.6 Å². The number of hydrogen-bond donors (Lipinski definition) is 1. The van der Waals surface area contributed by atoms with Crippen molar-refractivity contribution in [2.45, 2.75) is 0 Å². The summed E-state index contributed by atoms with van der Waals surface area (Å²) in [5.74, 6) is 0. The Hall–Kier alpha value is -1.57. The number of nitriles is 1. The molecule has 2 rings (SSSR count). The highest BCUT2D eigenvalue weighted by molar-refractivity contribution is 9.10. The van der Waals surface area contributed by atoms with E-state index in [1.54, 1.807) is 30.5 Å². The minimum absolute atomic E-state index is 0.394. The van der Waals surface area contributed by atoms with Crippen molar-refractivity contribution in [3.63, 3.8) is 0 Å². The van der Waals surface area contributed by atoms with Gasteiger partial charge >= 0.3 is 0 Å². The molecule has 5 heteroatoms. The Morgan fingerprint density at radius 1 is 1.29 bits per heavy atom. The predicted octanol–water partition coefficient (Wildman–Crippen LogP) is 4.11. The van der Waals surface area contributed by atoms with Gasteiger partial charge in [0.15, 0.2) is 0 Å². The van der Waals surface area contributed by atoms with Crippen molar-refractivity contribution in [3.05, 3.63) is 51.7 Å². The van der Waals surface area contributed by atoms with Gasteiger partial charge in [0, 0.05) is 9.50 Å². The van der Waals surface area contributed by atoms with Crippen LogP contribution in [-0.4, -0.2) is 4.98 Å². The van der Waals surface area contributed by atoms with Gasteiger partial charge in [-0.05, 0) is 46.3 Å². The predicted molar refractivity (Wildman–Crippen MR) is 71.4 cm³/mol. The lowest BCUT2D eigenvalue weighted by molar-refractivity contribution is 1.26. The quantitative estimate of drug-likeness (QED) is 0.908. The van der Waals surface area contributed by atoms with Crippen molar-refractivity contribution in [1.29, 1.82) is 5.26 Å². The number of anilines is 2. The third-order valence-electron chi connectivity index (χ3n) is 2.09. The molecule has 0 aliphatic carbocycles. The van der Waals surface area contributed by atoms with Gasteiger partial charge in [-0.2, -0.15) is 5.26 Å². The molecule has 0 fully saturated rings. The fourth-order valence-corrected chi connectivity index (χ4v) is 2.06. The maximum Gasteiger partial charge on any atom is 0.140 e. The molecule has 2 aromatic rings. The molecule has 0 aliphatic rings. The first-order valence-corrected chi connectivity index (χ1v) is 5.94. The summed E-state index contributed by atoms with van der Waals surface area (Å²) in [5.41, 5.74) is 2.10. The molecule has 0 bridgehead atoms. The van der Waals surface area contributed by atoms with Crippen molar-refractivity contribution < 1.29 is 0 Å². The second kappa shape index (κ2) is 5.17. The Kier molecular flexibility index (Phi) is 3.62. The van der Waals surface area contributed by atoms with Crippen LogP contribution in [0, 0.1) is 11.3 Å².